The Labute approximate surface area is 116 Å². The molecule has 1 aliphatic heterocycles. The molecule has 1 aromatic carbocycles. The van der Waals surface area contributed by atoms with Crippen LogP contribution in [0.2, 0.25) is 0 Å². The average molecular weight is 284 g/mol. The van der Waals surface area contributed by atoms with Crippen LogP contribution in [0.5, 0.6) is 0 Å². The van der Waals surface area contributed by atoms with Gasteiger partial charge in [0.2, 0.25) is 0 Å². The van der Waals surface area contributed by atoms with E-state index in [2.05, 4.69) is 32.1 Å². The molecule has 1 aromatic rings. The molecule has 0 radical (unpaired) electrons. The highest BCUT2D eigenvalue weighted by atomic mass is 32.3. The Morgan fingerprint density at radius 3 is 2.35 bits per heavy atom. The second-order valence-electron chi connectivity index (χ2n) is 4.40. The van der Waals surface area contributed by atoms with E-state index >= 15 is 0 Å². The summed E-state index contributed by atoms with van der Waals surface area (Å²) in [6.45, 7) is 0. The second kappa shape index (κ2) is 5.89. The van der Waals surface area contributed by atoms with Gasteiger partial charge in [0, 0.05) is 28.0 Å². The molecule has 5 heteroatoms. The van der Waals surface area contributed by atoms with E-state index in [-0.39, 0.29) is 0 Å². The number of benzene rings is 1. The minimum atomic E-state index is 0.707. The Balaban J connectivity index is 1.48. The largest absolute Gasteiger partial charge is 0.246 e. The van der Waals surface area contributed by atoms with Crippen molar-refractivity contribution in [3.63, 3.8) is 0 Å². The molecule has 0 amide bonds. The minimum absolute atomic E-state index is 0.707. The zero-order valence-electron chi connectivity index (χ0n) is 9.59. The molecule has 1 heterocycles. The third-order valence-electron chi connectivity index (χ3n) is 3.09. The number of hydrogen-bond acceptors (Lipinski definition) is 5. The van der Waals surface area contributed by atoms with Gasteiger partial charge in [-0.15, -0.1) is 3.12 Å². The summed E-state index contributed by atoms with van der Waals surface area (Å²) in [5.74, 6) is 0. The van der Waals surface area contributed by atoms with Crippen LogP contribution in [0.1, 0.15) is 32.1 Å². The lowest BCUT2D eigenvalue weighted by molar-refractivity contribution is 0.423. The molecule has 1 saturated carbocycles. The summed E-state index contributed by atoms with van der Waals surface area (Å²) in [4.78, 5) is 2.74. The van der Waals surface area contributed by atoms with Crippen molar-refractivity contribution in [2.45, 2.75) is 47.9 Å². The molecule has 2 aliphatic rings. The van der Waals surface area contributed by atoms with E-state index in [1.54, 1.807) is 12.1 Å². The maximum Gasteiger partial charge on any atom is 0.0398 e. The van der Waals surface area contributed by atoms with Crippen LogP contribution in [0.25, 0.3) is 0 Å². The Kier molecular flexibility index (Phi) is 4.24. The molecule has 92 valence electrons. The third kappa shape index (κ3) is 3.15. The summed E-state index contributed by atoms with van der Waals surface area (Å²) in [5, 5.41) is 0. The van der Waals surface area contributed by atoms with Gasteiger partial charge in [0.25, 0.3) is 0 Å². The van der Waals surface area contributed by atoms with Crippen LogP contribution >= 0.6 is 36.0 Å². The summed E-state index contributed by atoms with van der Waals surface area (Å²) in [6, 6.07) is 9.30. The van der Waals surface area contributed by atoms with Crippen LogP contribution in [-0.2, 0) is 0 Å². The standard InChI is InChI=1S/C12H16N2S3/c1-2-6-10(7-3-1)13-17-14-15-11-8-4-5-9-12(11)16-14/h4-5,8-10,13H,1-3,6-7H2. The van der Waals surface area contributed by atoms with E-state index in [1.807, 2.05) is 23.9 Å². The SMILES string of the molecule is c1ccc2c(c1)SN(SNC1CCCCC1)S2. The molecule has 3 rings (SSSR count). The quantitative estimate of drug-likeness (QED) is 0.819. The van der Waals surface area contributed by atoms with Crippen molar-refractivity contribution < 1.29 is 0 Å². The zero-order valence-corrected chi connectivity index (χ0v) is 12.0. The van der Waals surface area contributed by atoms with Crippen molar-refractivity contribution in [2.24, 2.45) is 0 Å². The van der Waals surface area contributed by atoms with Gasteiger partial charge in [-0.25, -0.2) is 4.72 Å². The van der Waals surface area contributed by atoms with Crippen LogP contribution in [0.3, 0.4) is 0 Å². The van der Waals surface area contributed by atoms with E-state index in [0.717, 1.165) is 0 Å². The summed E-state index contributed by atoms with van der Waals surface area (Å²) in [6.07, 6.45) is 6.87. The summed E-state index contributed by atoms with van der Waals surface area (Å²) >= 11 is 5.40. The van der Waals surface area contributed by atoms with Crippen molar-refractivity contribution in [2.75, 3.05) is 0 Å². The van der Waals surface area contributed by atoms with Crippen molar-refractivity contribution in [1.29, 1.82) is 0 Å². The van der Waals surface area contributed by atoms with E-state index in [4.69, 9.17) is 0 Å². The van der Waals surface area contributed by atoms with Gasteiger partial charge >= 0.3 is 0 Å². The monoisotopic (exact) mass is 284 g/mol. The maximum absolute atomic E-state index is 3.60. The van der Waals surface area contributed by atoms with Gasteiger partial charge in [-0.05, 0) is 48.9 Å². The lowest BCUT2D eigenvalue weighted by Crippen LogP contribution is -2.26. The predicted molar refractivity (Wildman–Crippen MR) is 77.6 cm³/mol. The van der Waals surface area contributed by atoms with Crippen LogP contribution in [0.4, 0.5) is 0 Å². The van der Waals surface area contributed by atoms with Gasteiger partial charge in [0.15, 0.2) is 0 Å². The fourth-order valence-corrected chi connectivity index (χ4v) is 5.44. The smallest absolute Gasteiger partial charge is 0.0398 e. The predicted octanol–water partition coefficient (Wildman–Crippen LogP) is 4.50. The van der Waals surface area contributed by atoms with Crippen molar-refractivity contribution >= 4 is 36.0 Å². The second-order valence-corrected chi connectivity index (χ2v) is 7.85. The average Bonchev–Trinajstić information content (AvgIpc) is 2.80. The Morgan fingerprint density at radius 1 is 1.06 bits per heavy atom. The molecule has 1 N–H and O–H groups in total. The first-order valence-electron chi connectivity index (χ1n) is 6.09. The molecule has 0 saturated heterocycles. The Hall–Kier alpha value is 0.190. The molecule has 0 atom stereocenters. The fourth-order valence-electron chi connectivity index (χ4n) is 2.16. The minimum Gasteiger partial charge on any atom is -0.246 e. The number of nitrogens with zero attached hydrogens (tertiary/aromatic N) is 1. The van der Waals surface area contributed by atoms with E-state index in [1.165, 1.54) is 41.9 Å². The van der Waals surface area contributed by atoms with Crippen LogP contribution in [0.15, 0.2) is 34.1 Å². The highest BCUT2D eigenvalue weighted by Gasteiger charge is 2.23. The van der Waals surface area contributed by atoms with Crippen molar-refractivity contribution in [3.05, 3.63) is 24.3 Å². The van der Waals surface area contributed by atoms with Gasteiger partial charge in [-0.1, -0.05) is 31.4 Å². The highest BCUT2D eigenvalue weighted by Crippen LogP contribution is 2.49. The molecule has 0 bridgehead atoms. The van der Waals surface area contributed by atoms with Gasteiger partial charge in [-0.3, -0.25) is 0 Å². The Morgan fingerprint density at radius 2 is 1.71 bits per heavy atom. The molecule has 0 unspecified atom stereocenters. The highest BCUT2D eigenvalue weighted by molar-refractivity contribution is 8.26. The number of fused-ring (bicyclic) bond motifs is 1. The molecule has 1 aliphatic carbocycles. The first kappa shape index (κ1) is 12.2. The third-order valence-corrected chi connectivity index (χ3v) is 6.56. The van der Waals surface area contributed by atoms with Gasteiger partial charge in [0.05, 0.1) is 0 Å². The fraction of sp³-hybridized carbons (Fsp3) is 0.500. The van der Waals surface area contributed by atoms with Crippen LogP contribution in [-0.4, -0.2) is 9.16 Å². The summed E-state index contributed by atoms with van der Waals surface area (Å²) < 4.78 is 5.86. The van der Waals surface area contributed by atoms with E-state index in [0.29, 0.717) is 6.04 Å². The molecule has 2 nitrogen and oxygen atoms in total. The molecule has 0 spiro atoms. The topological polar surface area (TPSA) is 15.3 Å². The molecule has 1 fully saturated rings. The summed E-state index contributed by atoms with van der Waals surface area (Å²) in [7, 11) is 0. The van der Waals surface area contributed by atoms with Gasteiger partial charge < -0.3 is 0 Å². The number of rotatable bonds is 3. The normalized spacial score (nSPS) is 21.6. The maximum atomic E-state index is 3.60. The van der Waals surface area contributed by atoms with Gasteiger partial charge in [-0.2, -0.15) is 0 Å². The summed E-state index contributed by atoms with van der Waals surface area (Å²) in [5.41, 5.74) is 0. The van der Waals surface area contributed by atoms with E-state index < -0.39 is 0 Å². The molecule has 0 aromatic heterocycles. The van der Waals surface area contributed by atoms with Crippen molar-refractivity contribution in [1.82, 2.24) is 7.84 Å². The zero-order chi connectivity index (χ0) is 11.5. The lowest BCUT2D eigenvalue weighted by Gasteiger charge is -2.23. The van der Waals surface area contributed by atoms with Gasteiger partial charge in [0.1, 0.15) is 0 Å². The molecular formula is C12H16N2S3. The first-order chi connectivity index (χ1) is 8.42. The molecule has 17 heavy (non-hydrogen) atoms. The number of hydrogen-bond donors (Lipinski definition) is 1. The molecular weight excluding hydrogens is 268 g/mol. The van der Waals surface area contributed by atoms with Crippen LogP contribution in [0, 0.1) is 0 Å². The van der Waals surface area contributed by atoms with E-state index in [9.17, 15) is 0 Å². The first-order valence-corrected chi connectivity index (χ1v) is 8.41. The van der Waals surface area contributed by atoms with Crippen molar-refractivity contribution in [3.8, 4) is 0 Å². The number of nitrogens with one attached hydrogen (secondary N) is 1. The Bertz CT molecular complexity index is 355. The van der Waals surface area contributed by atoms with Crippen LogP contribution < -0.4 is 4.72 Å². The lowest BCUT2D eigenvalue weighted by atomic mass is 9.96.